The summed E-state index contributed by atoms with van der Waals surface area (Å²) in [4.78, 5) is 26.8. The predicted molar refractivity (Wildman–Crippen MR) is 100.0 cm³/mol. The summed E-state index contributed by atoms with van der Waals surface area (Å²) in [7, 11) is 0. The first kappa shape index (κ1) is 18.5. The van der Waals surface area contributed by atoms with Crippen LogP contribution in [0.2, 0.25) is 5.02 Å². The minimum Gasteiger partial charge on any atom is -0.375 e. The number of benzene rings is 1. The Morgan fingerprint density at radius 3 is 2.65 bits per heavy atom. The number of likely N-dealkylation sites (tertiary alicyclic amines) is 1. The van der Waals surface area contributed by atoms with Crippen LogP contribution in [0.25, 0.3) is 0 Å². The van der Waals surface area contributed by atoms with Crippen molar-refractivity contribution in [3.63, 3.8) is 0 Å². The second-order valence-corrected chi connectivity index (χ2v) is 7.62. The maximum atomic E-state index is 12.7. The molecule has 7 heteroatoms. The standard InChI is InChI=1S/C19H23ClN4O2/c1-19(12-21,13-4-5-13)23-17(25)11-22-16-10-14(20)6-7-15(16)18(26)24-8-2-3-9-24/h6-7,10,13,22H,2-5,8-9,11H2,1H3,(H,23,25). The molecule has 0 bridgehead atoms. The van der Waals surface area contributed by atoms with Crippen molar-refractivity contribution in [2.45, 2.75) is 38.1 Å². The highest BCUT2D eigenvalue weighted by atomic mass is 35.5. The molecule has 6 nitrogen and oxygen atoms in total. The number of hydrogen-bond donors (Lipinski definition) is 2. The van der Waals surface area contributed by atoms with Gasteiger partial charge in [0.15, 0.2) is 0 Å². The summed E-state index contributed by atoms with van der Waals surface area (Å²) in [5.74, 6) is -0.114. The monoisotopic (exact) mass is 374 g/mol. The van der Waals surface area contributed by atoms with E-state index in [1.807, 2.05) is 4.90 Å². The highest BCUT2D eigenvalue weighted by molar-refractivity contribution is 6.31. The van der Waals surface area contributed by atoms with Crippen LogP contribution in [0.3, 0.4) is 0 Å². The Morgan fingerprint density at radius 2 is 2.04 bits per heavy atom. The normalized spacial score (nSPS) is 18.7. The molecule has 1 saturated carbocycles. The molecular formula is C19H23ClN4O2. The zero-order valence-corrected chi connectivity index (χ0v) is 15.6. The van der Waals surface area contributed by atoms with E-state index in [2.05, 4.69) is 16.7 Å². The summed E-state index contributed by atoms with van der Waals surface area (Å²) in [6, 6.07) is 7.22. The fraction of sp³-hybridized carbons (Fsp3) is 0.526. The molecule has 1 heterocycles. The van der Waals surface area contributed by atoms with Crippen LogP contribution in [0.1, 0.15) is 43.0 Å². The summed E-state index contributed by atoms with van der Waals surface area (Å²) in [5.41, 5.74) is 0.213. The van der Waals surface area contributed by atoms with Crippen molar-refractivity contribution in [2.24, 2.45) is 5.92 Å². The van der Waals surface area contributed by atoms with Gasteiger partial charge in [0.1, 0.15) is 5.54 Å². The van der Waals surface area contributed by atoms with Crippen LogP contribution in [0.4, 0.5) is 5.69 Å². The van der Waals surface area contributed by atoms with E-state index in [-0.39, 0.29) is 24.3 Å². The topological polar surface area (TPSA) is 85.2 Å². The van der Waals surface area contributed by atoms with Crippen LogP contribution < -0.4 is 10.6 Å². The first-order valence-corrected chi connectivity index (χ1v) is 9.36. The lowest BCUT2D eigenvalue weighted by molar-refractivity contribution is -0.120. The molecular weight excluding hydrogens is 352 g/mol. The second-order valence-electron chi connectivity index (χ2n) is 7.18. The van der Waals surface area contributed by atoms with E-state index in [4.69, 9.17) is 11.6 Å². The number of hydrogen-bond acceptors (Lipinski definition) is 4. The Hall–Kier alpha value is -2.26. The van der Waals surface area contributed by atoms with Crippen molar-refractivity contribution in [1.29, 1.82) is 5.26 Å². The van der Waals surface area contributed by atoms with Gasteiger partial charge in [0.2, 0.25) is 5.91 Å². The lowest BCUT2D eigenvalue weighted by Crippen LogP contribution is -2.48. The number of rotatable bonds is 6. The van der Waals surface area contributed by atoms with Gasteiger partial charge in [0.25, 0.3) is 5.91 Å². The number of nitriles is 1. The molecule has 2 amide bonds. The summed E-state index contributed by atoms with van der Waals surface area (Å²) in [5, 5.41) is 15.7. The van der Waals surface area contributed by atoms with Gasteiger partial charge in [-0.15, -0.1) is 0 Å². The zero-order chi connectivity index (χ0) is 18.7. The Labute approximate surface area is 158 Å². The molecule has 1 saturated heterocycles. The molecule has 2 N–H and O–H groups in total. The highest BCUT2D eigenvalue weighted by Crippen LogP contribution is 2.39. The molecule has 1 aliphatic heterocycles. The maximum Gasteiger partial charge on any atom is 0.255 e. The minimum atomic E-state index is -0.832. The predicted octanol–water partition coefficient (Wildman–Crippen LogP) is 2.80. The number of nitrogens with zero attached hydrogens (tertiary/aromatic N) is 2. The fourth-order valence-corrected chi connectivity index (χ4v) is 3.50. The molecule has 2 fully saturated rings. The van der Waals surface area contributed by atoms with Crippen LogP contribution in [0.5, 0.6) is 0 Å². The van der Waals surface area contributed by atoms with Crippen molar-refractivity contribution in [3.05, 3.63) is 28.8 Å². The van der Waals surface area contributed by atoms with E-state index in [0.717, 1.165) is 38.8 Å². The molecule has 1 aliphatic carbocycles. The SMILES string of the molecule is CC(C#N)(NC(=O)CNc1cc(Cl)ccc1C(=O)N1CCCC1)C1CC1. The van der Waals surface area contributed by atoms with E-state index in [1.54, 1.807) is 25.1 Å². The van der Waals surface area contributed by atoms with Gasteiger partial charge in [-0.2, -0.15) is 5.26 Å². The van der Waals surface area contributed by atoms with Crippen molar-refractivity contribution in [3.8, 4) is 6.07 Å². The van der Waals surface area contributed by atoms with Gasteiger partial charge in [-0.05, 0) is 56.7 Å². The second kappa shape index (κ2) is 7.55. The Morgan fingerprint density at radius 1 is 1.35 bits per heavy atom. The van der Waals surface area contributed by atoms with E-state index in [9.17, 15) is 14.9 Å². The number of carbonyl (C=O) groups excluding carboxylic acids is 2. The molecule has 0 aromatic heterocycles. The van der Waals surface area contributed by atoms with Crippen LogP contribution in [-0.4, -0.2) is 41.9 Å². The van der Waals surface area contributed by atoms with Crippen molar-refractivity contribution < 1.29 is 9.59 Å². The summed E-state index contributed by atoms with van der Waals surface area (Å²) in [6.45, 7) is 3.24. The molecule has 0 radical (unpaired) electrons. The number of anilines is 1. The van der Waals surface area contributed by atoms with Crippen LogP contribution >= 0.6 is 11.6 Å². The first-order chi connectivity index (χ1) is 12.4. The summed E-state index contributed by atoms with van der Waals surface area (Å²) >= 11 is 6.07. The molecule has 138 valence electrons. The van der Waals surface area contributed by atoms with Gasteiger partial charge in [0, 0.05) is 23.8 Å². The molecule has 0 spiro atoms. The molecule has 1 unspecified atom stereocenters. The molecule has 1 aromatic rings. The molecule has 1 aromatic carbocycles. The van der Waals surface area contributed by atoms with E-state index < -0.39 is 5.54 Å². The van der Waals surface area contributed by atoms with Crippen molar-refractivity contribution in [1.82, 2.24) is 10.2 Å². The van der Waals surface area contributed by atoms with E-state index >= 15 is 0 Å². The number of halogens is 1. The third-order valence-electron chi connectivity index (χ3n) is 5.07. The average Bonchev–Trinajstić information content (AvgIpc) is 3.35. The largest absolute Gasteiger partial charge is 0.375 e. The average molecular weight is 375 g/mol. The molecule has 3 rings (SSSR count). The van der Waals surface area contributed by atoms with E-state index in [0.29, 0.717) is 16.3 Å². The summed E-state index contributed by atoms with van der Waals surface area (Å²) < 4.78 is 0. The van der Waals surface area contributed by atoms with E-state index in [1.165, 1.54) is 0 Å². The van der Waals surface area contributed by atoms with Gasteiger partial charge in [-0.1, -0.05) is 11.6 Å². The van der Waals surface area contributed by atoms with Crippen LogP contribution in [0, 0.1) is 17.2 Å². The molecule has 1 atom stereocenters. The number of carbonyl (C=O) groups is 2. The summed E-state index contributed by atoms with van der Waals surface area (Å²) in [6.07, 6.45) is 3.94. The van der Waals surface area contributed by atoms with Crippen molar-refractivity contribution >= 4 is 29.1 Å². The number of amides is 2. The zero-order valence-electron chi connectivity index (χ0n) is 14.8. The first-order valence-electron chi connectivity index (χ1n) is 8.98. The Bertz CT molecular complexity index is 750. The smallest absolute Gasteiger partial charge is 0.255 e. The van der Waals surface area contributed by atoms with Crippen LogP contribution in [-0.2, 0) is 4.79 Å². The van der Waals surface area contributed by atoms with Crippen molar-refractivity contribution in [2.75, 3.05) is 25.0 Å². The lowest BCUT2D eigenvalue weighted by atomic mass is 9.98. The highest BCUT2D eigenvalue weighted by Gasteiger charge is 2.42. The maximum absolute atomic E-state index is 12.7. The van der Waals surface area contributed by atoms with Gasteiger partial charge >= 0.3 is 0 Å². The molecule has 2 aliphatic rings. The van der Waals surface area contributed by atoms with Crippen LogP contribution in [0.15, 0.2) is 18.2 Å². The third-order valence-corrected chi connectivity index (χ3v) is 5.30. The quantitative estimate of drug-likeness (QED) is 0.801. The minimum absolute atomic E-state index is 0.0232. The fourth-order valence-electron chi connectivity index (χ4n) is 3.33. The molecule has 26 heavy (non-hydrogen) atoms. The number of nitrogens with one attached hydrogen (secondary N) is 2. The Kier molecular flexibility index (Phi) is 5.38. The van der Waals surface area contributed by atoms with Gasteiger partial charge in [-0.25, -0.2) is 0 Å². The van der Waals surface area contributed by atoms with Gasteiger partial charge in [0.05, 0.1) is 18.2 Å². The third kappa shape index (κ3) is 4.10. The van der Waals surface area contributed by atoms with Gasteiger partial charge < -0.3 is 15.5 Å². The van der Waals surface area contributed by atoms with Gasteiger partial charge in [-0.3, -0.25) is 9.59 Å². The lowest BCUT2D eigenvalue weighted by Gasteiger charge is -2.23. The Balaban J connectivity index is 1.67.